The molecular weight excluding hydrogens is 350 g/mol. The zero-order chi connectivity index (χ0) is 19.8. The first kappa shape index (κ1) is 18.0. The number of benzene rings is 2. The number of nitrogens with zero attached hydrogens (tertiary/aromatic N) is 2. The third-order valence-corrected chi connectivity index (χ3v) is 5.08. The summed E-state index contributed by atoms with van der Waals surface area (Å²) in [7, 11) is 0. The van der Waals surface area contributed by atoms with Gasteiger partial charge in [-0.1, -0.05) is 24.3 Å². The number of carbonyl (C=O) groups excluding carboxylic acids is 2. The van der Waals surface area contributed by atoms with E-state index in [-0.39, 0.29) is 18.2 Å². The van der Waals surface area contributed by atoms with Gasteiger partial charge < -0.3 is 14.5 Å². The lowest BCUT2D eigenvalue weighted by atomic mass is 10.1. The summed E-state index contributed by atoms with van der Waals surface area (Å²) < 4.78 is 4.02. The minimum Gasteiger partial charge on any atom is -0.345 e. The highest BCUT2D eigenvalue weighted by Gasteiger charge is 2.15. The predicted molar refractivity (Wildman–Crippen MR) is 113 cm³/mol. The standard InChI is InChI=1S/C23H23N3O2/c1-15(2)26-12-11-18-20(8-6-10-22(18)26)24-23(28)14-25-13-19(16(3)27)17-7-4-5-9-21(17)25/h4-13,15H,14H2,1-3H3,(H,24,28). The van der Waals surface area contributed by atoms with Crippen LogP contribution < -0.4 is 5.32 Å². The largest absolute Gasteiger partial charge is 0.345 e. The summed E-state index contributed by atoms with van der Waals surface area (Å²) >= 11 is 0. The highest BCUT2D eigenvalue weighted by atomic mass is 16.2. The Morgan fingerprint density at radius 2 is 1.71 bits per heavy atom. The van der Waals surface area contributed by atoms with E-state index >= 15 is 0 Å². The number of aromatic nitrogens is 2. The van der Waals surface area contributed by atoms with Crippen molar-refractivity contribution < 1.29 is 9.59 Å². The molecule has 0 radical (unpaired) electrons. The van der Waals surface area contributed by atoms with Gasteiger partial charge in [-0.2, -0.15) is 0 Å². The van der Waals surface area contributed by atoms with E-state index in [9.17, 15) is 9.59 Å². The number of amides is 1. The second-order valence-electron chi connectivity index (χ2n) is 7.35. The van der Waals surface area contributed by atoms with E-state index < -0.39 is 0 Å². The molecule has 0 aliphatic carbocycles. The Kier molecular flexibility index (Phi) is 4.51. The molecule has 4 aromatic rings. The molecule has 1 amide bonds. The molecule has 0 aliphatic rings. The molecule has 142 valence electrons. The normalized spacial score (nSPS) is 11.4. The van der Waals surface area contributed by atoms with E-state index in [0.717, 1.165) is 27.5 Å². The first-order valence-electron chi connectivity index (χ1n) is 9.44. The fraction of sp³-hybridized carbons (Fsp3) is 0.217. The van der Waals surface area contributed by atoms with Gasteiger partial charge in [0.15, 0.2) is 5.78 Å². The molecule has 0 spiro atoms. The van der Waals surface area contributed by atoms with Crippen LogP contribution in [0.4, 0.5) is 5.69 Å². The second-order valence-corrected chi connectivity index (χ2v) is 7.35. The van der Waals surface area contributed by atoms with Gasteiger partial charge in [0.1, 0.15) is 6.54 Å². The fourth-order valence-corrected chi connectivity index (χ4v) is 3.75. The lowest BCUT2D eigenvalue weighted by molar-refractivity contribution is -0.116. The molecule has 2 aromatic carbocycles. The van der Waals surface area contributed by atoms with Crippen LogP contribution in [-0.4, -0.2) is 20.8 Å². The smallest absolute Gasteiger partial charge is 0.244 e. The van der Waals surface area contributed by atoms with E-state index in [4.69, 9.17) is 0 Å². The monoisotopic (exact) mass is 373 g/mol. The molecule has 1 N–H and O–H groups in total. The number of Topliss-reactive ketones (excluding diaryl/α,β-unsaturated/α-hetero) is 1. The van der Waals surface area contributed by atoms with Crippen molar-refractivity contribution in [1.29, 1.82) is 0 Å². The maximum Gasteiger partial charge on any atom is 0.244 e. The highest BCUT2D eigenvalue weighted by molar-refractivity contribution is 6.07. The summed E-state index contributed by atoms with van der Waals surface area (Å²) in [5.74, 6) is -0.129. The second kappa shape index (κ2) is 7.00. The summed E-state index contributed by atoms with van der Waals surface area (Å²) in [6, 6.07) is 16.0. The Morgan fingerprint density at radius 3 is 2.46 bits per heavy atom. The van der Waals surface area contributed by atoms with Gasteiger partial charge in [0.2, 0.25) is 5.91 Å². The number of fused-ring (bicyclic) bond motifs is 2. The van der Waals surface area contributed by atoms with Crippen LogP contribution in [0.25, 0.3) is 21.8 Å². The Balaban J connectivity index is 1.63. The number of carbonyl (C=O) groups is 2. The zero-order valence-electron chi connectivity index (χ0n) is 16.3. The first-order valence-corrected chi connectivity index (χ1v) is 9.44. The number of ketones is 1. The molecule has 0 unspecified atom stereocenters. The van der Waals surface area contributed by atoms with Gasteiger partial charge in [0.25, 0.3) is 0 Å². The predicted octanol–water partition coefficient (Wildman–Crippen LogP) is 5.02. The van der Waals surface area contributed by atoms with E-state index in [1.807, 2.05) is 53.2 Å². The summed E-state index contributed by atoms with van der Waals surface area (Å²) in [6.07, 6.45) is 3.81. The number of para-hydroxylation sites is 1. The Labute approximate surface area is 163 Å². The molecule has 0 saturated carbocycles. The van der Waals surface area contributed by atoms with Crippen LogP contribution in [0.3, 0.4) is 0 Å². The number of anilines is 1. The van der Waals surface area contributed by atoms with Crippen LogP contribution >= 0.6 is 0 Å². The Bertz CT molecular complexity index is 1200. The molecule has 4 rings (SSSR count). The molecular formula is C23H23N3O2. The van der Waals surface area contributed by atoms with Gasteiger partial charge in [-0.25, -0.2) is 0 Å². The van der Waals surface area contributed by atoms with Gasteiger partial charge in [-0.15, -0.1) is 0 Å². The quantitative estimate of drug-likeness (QED) is 0.500. The molecule has 0 aliphatic heterocycles. The van der Waals surface area contributed by atoms with Crippen molar-refractivity contribution >= 4 is 39.2 Å². The van der Waals surface area contributed by atoms with Gasteiger partial charge in [-0.3, -0.25) is 9.59 Å². The van der Waals surface area contributed by atoms with Crippen molar-refractivity contribution in [3.63, 3.8) is 0 Å². The van der Waals surface area contributed by atoms with Crippen LogP contribution in [0, 0.1) is 0 Å². The van der Waals surface area contributed by atoms with Crippen molar-refractivity contribution in [3.8, 4) is 0 Å². The van der Waals surface area contributed by atoms with Gasteiger partial charge >= 0.3 is 0 Å². The van der Waals surface area contributed by atoms with E-state index in [2.05, 4.69) is 29.8 Å². The van der Waals surface area contributed by atoms with Crippen molar-refractivity contribution in [2.45, 2.75) is 33.4 Å². The van der Waals surface area contributed by atoms with Crippen LogP contribution in [0.1, 0.15) is 37.2 Å². The third kappa shape index (κ3) is 3.09. The first-order chi connectivity index (χ1) is 13.5. The summed E-state index contributed by atoms with van der Waals surface area (Å²) in [5, 5.41) is 4.92. The van der Waals surface area contributed by atoms with Crippen LogP contribution in [0.15, 0.2) is 60.9 Å². The van der Waals surface area contributed by atoms with Crippen LogP contribution in [0.5, 0.6) is 0 Å². The molecule has 2 aromatic heterocycles. The molecule has 0 saturated heterocycles. The van der Waals surface area contributed by atoms with Crippen LogP contribution in [0.2, 0.25) is 0 Å². The van der Waals surface area contributed by atoms with Crippen molar-refractivity contribution in [3.05, 3.63) is 66.5 Å². The average molecular weight is 373 g/mol. The molecule has 28 heavy (non-hydrogen) atoms. The Hall–Kier alpha value is -3.34. The Morgan fingerprint density at radius 1 is 0.964 bits per heavy atom. The van der Waals surface area contributed by atoms with Crippen molar-refractivity contribution in [1.82, 2.24) is 9.13 Å². The van der Waals surface area contributed by atoms with Crippen molar-refractivity contribution in [2.24, 2.45) is 0 Å². The summed E-state index contributed by atoms with van der Waals surface area (Å²) in [4.78, 5) is 24.7. The van der Waals surface area contributed by atoms with Crippen LogP contribution in [-0.2, 0) is 11.3 Å². The molecule has 0 bridgehead atoms. The third-order valence-electron chi connectivity index (χ3n) is 5.08. The molecule has 0 atom stereocenters. The van der Waals surface area contributed by atoms with E-state index in [1.165, 1.54) is 0 Å². The SMILES string of the molecule is CC(=O)c1cn(CC(=O)Nc2cccc3c2ccn3C(C)C)c2ccccc12. The topological polar surface area (TPSA) is 56.0 Å². The van der Waals surface area contributed by atoms with E-state index in [0.29, 0.717) is 11.6 Å². The number of rotatable bonds is 5. The maximum atomic E-state index is 12.8. The summed E-state index contributed by atoms with van der Waals surface area (Å²) in [6.45, 7) is 5.96. The fourth-order valence-electron chi connectivity index (χ4n) is 3.75. The van der Waals surface area contributed by atoms with Crippen molar-refractivity contribution in [2.75, 3.05) is 5.32 Å². The molecule has 5 nitrogen and oxygen atoms in total. The summed E-state index contributed by atoms with van der Waals surface area (Å²) in [5.41, 5.74) is 3.41. The van der Waals surface area contributed by atoms with E-state index in [1.54, 1.807) is 13.1 Å². The number of hydrogen-bond acceptors (Lipinski definition) is 2. The number of hydrogen-bond donors (Lipinski definition) is 1. The molecule has 5 heteroatoms. The molecule has 2 heterocycles. The highest BCUT2D eigenvalue weighted by Crippen LogP contribution is 2.27. The minimum absolute atomic E-state index is 0.00449. The minimum atomic E-state index is -0.124. The van der Waals surface area contributed by atoms with Gasteiger partial charge in [-0.05, 0) is 45.0 Å². The van der Waals surface area contributed by atoms with Gasteiger partial charge in [0.05, 0.1) is 11.2 Å². The number of nitrogens with one attached hydrogen (secondary N) is 1. The maximum absolute atomic E-state index is 12.8. The zero-order valence-corrected chi connectivity index (χ0v) is 16.3. The van der Waals surface area contributed by atoms with Gasteiger partial charge in [0, 0.05) is 40.3 Å². The molecule has 0 fully saturated rings. The lowest BCUT2D eigenvalue weighted by Gasteiger charge is -2.11. The lowest BCUT2D eigenvalue weighted by Crippen LogP contribution is -2.18. The average Bonchev–Trinajstić information content (AvgIpc) is 3.25.